The molecule has 4 rings (SSSR count). The van der Waals surface area contributed by atoms with Gasteiger partial charge >= 0.3 is 0 Å². The van der Waals surface area contributed by atoms with Crippen LogP contribution in [0.1, 0.15) is 5.56 Å². The van der Waals surface area contributed by atoms with E-state index in [-0.39, 0.29) is 4.90 Å². The molecule has 1 aliphatic rings. The molecule has 140 valence electrons. The monoisotopic (exact) mass is 381 g/mol. The maximum Gasteiger partial charge on any atom is 0.238 e. The van der Waals surface area contributed by atoms with E-state index in [1.54, 1.807) is 12.1 Å². The fraction of sp³-hybridized carbons (Fsp3) is 0.238. The molecule has 0 radical (unpaired) electrons. The van der Waals surface area contributed by atoms with Crippen LogP contribution in [0.3, 0.4) is 0 Å². The summed E-state index contributed by atoms with van der Waals surface area (Å²) in [7, 11) is -3.64. The van der Waals surface area contributed by atoms with Crippen LogP contribution >= 0.6 is 0 Å². The van der Waals surface area contributed by atoms with Crippen molar-refractivity contribution in [3.8, 4) is 0 Å². The van der Waals surface area contributed by atoms with Crippen molar-refractivity contribution in [2.75, 3.05) is 31.1 Å². The van der Waals surface area contributed by atoms with Gasteiger partial charge in [0.2, 0.25) is 10.0 Å². The van der Waals surface area contributed by atoms with Gasteiger partial charge in [0.15, 0.2) is 0 Å². The zero-order valence-corrected chi connectivity index (χ0v) is 15.9. The second kappa shape index (κ2) is 7.31. The van der Waals surface area contributed by atoms with Crippen LogP contribution in [0.2, 0.25) is 0 Å². The normalized spacial score (nSPS) is 16.0. The highest BCUT2D eigenvalue weighted by molar-refractivity contribution is 7.89. The first-order chi connectivity index (χ1) is 13.0. The number of hydrogen-bond donors (Lipinski definition) is 1. The van der Waals surface area contributed by atoms with E-state index in [9.17, 15) is 8.42 Å². The highest BCUT2D eigenvalue weighted by Gasteiger charge is 2.18. The molecule has 27 heavy (non-hydrogen) atoms. The minimum Gasteiger partial charge on any atom is -0.369 e. The molecule has 0 atom stereocenters. The van der Waals surface area contributed by atoms with Crippen molar-refractivity contribution in [2.24, 2.45) is 5.14 Å². The van der Waals surface area contributed by atoms with Gasteiger partial charge in [-0.25, -0.2) is 13.6 Å². The second-order valence-electron chi connectivity index (χ2n) is 6.98. The number of fused-ring (bicyclic) bond motifs is 1. The van der Waals surface area contributed by atoms with Gasteiger partial charge in [-0.2, -0.15) is 0 Å². The molecule has 0 aliphatic carbocycles. The largest absolute Gasteiger partial charge is 0.369 e. The van der Waals surface area contributed by atoms with E-state index in [1.807, 2.05) is 12.1 Å². The van der Waals surface area contributed by atoms with Crippen molar-refractivity contribution in [3.63, 3.8) is 0 Å². The van der Waals surface area contributed by atoms with Crippen molar-refractivity contribution in [1.82, 2.24) is 4.90 Å². The molecular formula is C21H23N3O2S. The van der Waals surface area contributed by atoms with Crippen molar-refractivity contribution < 1.29 is 8.42 Å². The molecule has 0 bridgehead atoms. The molecule has 2 N–H and O–H groups in total. The minimum absolute atomic E-state index is 0.154. The Balaban J connectivity index is 1.38. The third kappa shape index (κ3) is 4.13. The number of sulfonamides is 1. The lowest BCUT2D eigenvalue weighted by Gasteiger charge is -2.36. The quantitative estimate of drug-likeness (QED) is 0.755. The highest BCUT2D eigenvalue weighted by atomic mass is 32.2. The summed E-state index contributed by atoms with van der Waals surface area (Å²) in [6.45, 7) is 4.74. The van der Waals surface area contributed by atoms with E-state index < -0.39 is 10.0 Å². The Morgan fingerprint density at radius 1 is 0.815 bits per heavy atom. The van der Waals surface area contributed by atoms with Gasteiger partial charge in [-0.3, -0.25) is 4.90 Å². The average Bonchev–Trinajstić information content (AvgIpc) is 2.68. The van der Waals surface area contributed by atoms with Gasteiger partial charge in [0.1, 0.15) is 0 Å². The zero-order chi connectivity index (χ0) is 18.9. The summed E-state index contributed by atoms with van der Waals surface area (Å²) in [6.07, 6.45) is 0. The predicted octanol–water partition coefficient (Wildman–Crippen LogP) is 2.81. The second-order valence-corrected chi connectivity index (χ2v) is 8.55. The van der Waals surface area contributed by atoms with Crippen LogP contribution in [0, 0.1) is 0 Å². The molecule has 1 heterocycles. The number of piperazine rings is 1. The van der Waals surface area contributed by atoms with E-state index in [2.05, 4.69) is 52.3 Å². The van der Waals surface area contributed by atoms with Gasteiger partial charge in [0, 0.05) is 38.4 Å². The lowest BCUT2D eigenvalue weighted by Crippen LogP contribution is -2.45. The molecule has 3 aromatic carbocycles. The summed E-state index contributed by atoms with van der Waals surface area (Å²) >= 11 is 0. The van der Waals surface area contributed by atoms with Crippen LogP contribution in [-0.4, -0.2) is 39.5 Å². The third-order valence-corrected chi connectivity index (χ3v) is 6.05. The summed E-state index contributed by atoms with van der Waals surface area (Å²) in [4.78, 5) is 4.89. The Labute approximate surface area is 160 Å². The Morgan fingerprint density at radius 2 is 1.48 bits per heavy atom. The van der Waals surface area contributed by atoms with Crippen LogP contribution in [0.15, 0.2) is 71.6 Å². The maximum absolute atomic E-state index is 11.4. The van der Waals surface area contributed by atoms with Gasteiger partial charge in [0.05, 0.1) is 4.90 Å². The molecule has 0 amide bonds. The molecule has 0 aromatic heterocycles. The first-order valence-corrected chi connectivity index (χ1v) is 10.6. The molecule has 3 aromatic rings. The van der Waals surface area contributed by atoms with Crippen LogP contribution in [0.5, 0.6) is 0 Å². The molecule has 1 saturated heterocycles. The first-order valence-electron chi connectivity index (χ1n) is 9.07. The summed E-state index contributed by atoms with van der Waals surface area (Å²) in [5, 5.41) is 7.72. The van der Waals surface area contributed by atoms with Gasteiger partial charge in [-0.05, 0) is 46.7 Å². The highest BCUT2D eigenvalue weighted by Crippen LogP contribution is 2.21. The minimum atomic E-state index is -3.64. The van der Waals surface area contributed by atoms with E-state index >= 15 is 0 Å². The number of nitrogens with two attached hydrogens (primary N) is 1. The van der Waals surface area contributed by atoms with Crippen molar-refractivity contribution in [1.29, 1.82) is 0 Å². The van der Waals surface area contributed by atoms with E-state index in [0.717, 1.165) is 38.4 Å². The summed E-state index contributed by atoms with van der Waals surface area (Å²) in [5.41, 5.74) is 2.37. The van der Waals surface area contributed by atoms with E-state index in [0.29, 0.717) is 0 Å². The summed E-state index contributed by atoms with van der Waals surface area (Å²) in [6, 6.07) is 21.9. The van der Waals surface area contributed by atoms with Gasteiger partial charge < -0.3 is 4.90 Å². The average molecular weight is 382 g/mol. The van der Waals surface area contributed by atoms with Gasteiger partial charge in [-0.15, -0.1) is 0 Å². The van der Waals surface area contributed by atoms with Crippen molar-refractivity contribution in [3.05, 3.63) is 72.3 Å². The fourth-order valence-electron chi connectivity index (χ4n) is 3.61. The lowest BCUT2D eigenvalue weighted by atomic mass is 10.1. The summed E-state index contributed by atoms with van der Waals surface area (Å²) in [5.74, 6) is 0. The number of anilines is 1. The number of nitrogens with zero attached hydrogens (tertiary/aromatic N) is 2. The van der Waals surface area contributed by atoms with Crippen LogP contribution in [-0.2, 0) is 16.6 Å². The first kappa shape index (κ1) is 18.0. The molecule has 0 spiro atoms. The van der Waals surface area contributed by atoms with E-state index in [1.165, 1.54) is 16.3 Å². The lowest BCUT2D eigenvalue weighted by molar-refractivity contribution is 0.250. The molecule has 0 saturated carbocycles. The van der Waals surface area contributed by atoms with Crippen LogP contribution in [0.4, 0.5) is 5.69 Å². The fourth-order valence-corrected chi connectivity index (χ4v) is 4.12. The third-order valence-electron chi connectivity index (χ3n) is 5.12. The van der Waals surface area contributed by atoms with Crippen LogP contribution in [0.25, 0.3) is 10.8 Å². The molecule has 5 nitrogen and oxygen atoms in total. The van der Waals surface area contributed by atoms with E-state index in [4.69, 9.17) is 5.14 Å². The number of rotatable bonds is 4. The number of benzene rings is 3. The topological polar surface area (TPSA) is 66.6 Å². The predicted molar refractivity (Wildman–Crippen MR) is 109 cm³/mol. The number of hydrogen-bond acceptors (Lipinski definition) is 4. The van der Waals surface area contributed by atoms with Crippen LogP contribution < -0.4 is 10.0 Å². The molecule has 1 aliphatic heterocycles. The molecule has 6 heteroatoms. The standard InChI is InChI=1S/C21H23N3O2S/c22-27(25,26)21-9-7-20(8-10-21)24-13-11-23(12-14-24)16-17-5-6-18-3-1-2-4-19(18)15-17/h1-10,15H,11-14,16H2,(H2,22,25,26). The summed E-state index contributed by atoms with van der Waals surface area (Å²) < 4.78 is 22.8. The number of primary sulfonamides is 1. The SMILES string of the molecule is NS(=O)(=O)c1ccc(N2CCN(Cc3ccc4ccccc4c3)CC2)cc1. The maximum atomic E-state index is 11.4. The van der Waals surface area contributed by atoms with Gasteiger partial charge in [-0.1, -0.05) is 36.4 Å². The molecular weight excluding hydrogens is 358 g/mol. The van der Waals surface area contributed by atoms with Gasteiger partial charge in [0.25, 0.3) is 0 Å². The van der Waals surface area contributed by atoms with Crippen molar-refractivity contribution in [2.45, 2.75) is 11.4 Å². The van der Waals surface area contributed by atoms with Crippen molar-refractivity contribution >= 4 is 26.5 Å². The zero-order valence-electron chi connectivity index (χ0n) is 15.1. The Kier molecular flexibility index (Phi) is 4.86. The Bertz CT molecular complexity index is 1040. The smallest absolute Gasteiger partial charge is 0.238 e. The molecule has 0 unspecified atom stereocenters. The Hall–Kier alpha value is -2.41. The Morgan fingerprint density at radius 3 is 2.15 bits per heavy atom. The molecule has 1 fully saturated rings.